The average Bonchev–Trinajstić information content (AvgIpc) is 2.64. The lowest BCUT2D eigenvalue weighted by atomic mass is 9.47. The summed E-state index contributed by atoms with van der Waals surface area (Å²) in [7, 11) is 0. The smallest absolute Gasteiger partial charge is 0.330 e. The number of esters is 1. The van der Waals surface area contributed by atoms with Gasteiger partial charge in [-0.05, 0) is 68.3 Å². The molecule has 28 heavy (non-hydrogen) atoms. The first kappa shape index (κ1) is 22.8. The fraction of sp³-hybridized carbons (Fsp3) is 0.739. The number of ketones is 1. The maximum Gasteiger partial charge on any atom is 0.330 e. The summed E-state index contributed by atoms with van der Waals surface area (Å²) in [5.41, 5.74) is 2.25. The summed E-state index contributed by atoms with van der Waals surface area (Å²) >= 11 is 0. The van der Waals surface area contributed by atoms with Gasteiger partial charge in [0.2, 0.25) is 0 Å². The number of carbonyl (C=O) groups excluding carboxylic acids is 2. The zero-order valence-corrected chi connectivity index (χ0v) is 18.0. The second-order valence-electron chi connectivity index (χ2n) is 9.37. The maximum absolute atomic E-state index is 12.3. The Morgan fingerprint density at radius 3 is 2.75 bits per heavy atom. The Hall–Kier alpha value is -1.46. The van der Waals surface area contributed by atoms with Crippen molar-refractivity contribution in [2.75, 3.05) is 13.2 Å². The van der Waals surface area contributed by atoms with Gasteiger partial charge in [0.05, 0.1) is 6.61 Å². The van der Waals surface area contributed by atoms with Crippen molar-refractivity contribution in [1.29, 1.82) is 0 Å². The van der Waals surface area contributed by atoms with Gasteiger partial charge in [-0.3, -0.25) is 4.79 Å². The lowest BCUT2D eigenvalue weighted by molar-refractivity contribution is -0.141. The lowest BCUT2D eigenvalue weighted by Gasteiger charge is -2.57. The number of hydrogen-bond acceptors (Lipinski definition) is 5. The third-order valence-corrected chi connectivity index (χ3v) is 7.52. The van der Waals surface area contributed by atoms with Crippen LogP contribution in [0.4, 0.5) is 0 Å². The maximum atomic E-state index is 12.3. The van der Waals surface area contributed by atoms with Crippen molar-refractivity contribution in [3.63, 3.8) is 0 Å². The number of aliphatic hydroxyl groups excluding tert-OH is 2. The van der Waals surface area contributed by atoms with Crippen molar-refractivity contribution >= 4 is 11.8 Å². The van der Waals surface area contributed by atoms with Gasteiger partial charge < -0.3 is 14.9 Å². The number of allylic oxidation sites excluding steroid dienone is 3. The van der Waals surface area contributed by atoms with Crippen LogP contribution in [0.2, 0.25) is 0 Å². The van der Waals surface area contributed by atoms with Gasteiger partial charge in [-0.1, -0.05) is 31.9 Å². The molecular formula is C23H36O5. The molecule has 2 aliphatic rings. The predicted molar refractivity (Wildman–Crippen MR) is 109 cm³/mol. The molecule has 0 radical (unpaired) electrons. The Morgan fingerprint density at radius 2 is 2.11 bits per heavy atom. The van der Waals surface area contributed by atoms with Crippen LogP contribution in [-0.2, 0) is 14.3 Å². The summed E-state index contributed by atoms with van der Waals surface area (Å²) in [6.07, 6.45) is 6.83. The number of fused-ring (bicyclic) bond motifs is 1. The highest BCUT2D eigenvalue weighted by Gasteiger charge is 2.54. The molecule has 0 aliphatic heterocycles. The fourth-order valence-corrected chi connectivity index (χ4v) is 5.12. The normalized spacial score (nSPS) is 34.5. The fourth-order valence-electron chi connectivity index (χ4n) is 5.12. The summed E-state index contributed by atoms with van der Waals surface area (Å²) in [5, 5.41) is 18.1. The Balaban J connectivity index is 2.08. The minimum absolute atomic E-state index is 0.0320. The van der Waals surface area contributed by atoms with Gasteiger partial charge in [-0.2, -0.15) is 0 Å². The zero-order valence-electron chi connectivity index (χ0n) is 18.0. The van der Waals surface area contributed by atoms with Crippen molar-refractivity contribution in [2.24, 2.45) is 22.7 Å². The van der Waals surface area contributed by atoms with Gasteiger partial charge in [-0.15, -0.1) is 0 Å². The molecule has 0 aromatic carbocycles. The molecule has 0 amide bonds. The van der Waals surface area contributed by atoms with Crippen LogP contribution in [0, 0.1) is 22.7 Å². The first-order valence-electron chi connectivity index (χ1n) is 10.4. The molecule has 0 aromatic rings. The van der Waals surface area contributed by atoms with E-state index in [4.69, 9.17) is 9.84 Å². The van der Waals surface area contributed by atoms with E-state index in [1.807, 2.05) is 13.0 Å². The van der Waals surface area contributed by atoms with Crippen LogP contribution in [0.1, 0.15) is 66.7 Å². The zero-order chi connectivity index (χ0) is 21.1. The molecule has 0 spiro atoms. The van der Waals surface area contributed by atoms with E-state index >= 15 is 0 Å². The van der Waals surface area contributed by atoms with Gasteiger partial charge >= 0.3 is 5.97 Å². The van der Waals surface area contributed by atoms with Crippen LogP contribution in [-0.4, -0.2) is 41.3 Å². The van der Waals surface area contributed by atoms with E-state index in [0.717, 1.165) is 31.3 Å². The number of hydrogen-bond donors (Lipinski definition) is 2. The molecule has 5 atom stereocenters. The second kappa shape index (κ2) is 8.91. The number of aliphatic hydroxyl groups is 2. The van der Waals surface area contributed by atoms with E-state index in [0.29, 0.717) is 18.3 Å². The first-order valence-corrected chi connectivity index (χ1v) is 10.4. The molecule has 158 valence electrons. The summed E-state index contributed by atoms with van der Waals surface area (Å²) in [5.74, 6) is 0.575. The molecular weight excluding hydrogens is 356 g/mol. The van der Waals surface area contributed by atoms with E-state index in [2.05, 4.69) is 27.7 Å². The average molecular weight is 393 g/mol. The van der Waals surface area contributed by atoms with Crippen LogP contribution in [0.15, 0.2) is 23.3 Å². The third kappa shape index (κ3) is 4.74. The molecule has 2 N–H and O–H groups in total. The Bertz CT molecular complexity index is 664. The summed E-state index contributed by atoms with van der Waals surface area (Å²) in [6.45, 7) is 10.3. The summed E-state index contributed by atoms with van der Waals surface area (Å²) in [6, 6.07) is 0. The highest BCUT2D eigenvalue weighted by Crippen LogP contribution is 2.61. The van der Waals surface area contributed by atoms with Crippen LogP contribution in [0.25, 0.3) is 0 Å². The second-order valence-corrected chi connectivity index (χ2v) is 9.37. The molecule has 0 heterocycles. The van der Waals surface area contributed by atoms with Crippen LogP contribution in [0.5, 0.6) is 0 Å². The highest BCUT2D eigenvalue weighted by molar-refractivity contribution is 5.92. The predicted octanol–water partition coefficient (Wildman–Crippen LogP) is 3.59. The highest BCUT2D eigenvalue weighted by atomic mass is 16.5. The minimum atomic E-state index is -1.04. The van der Waals surface area contributed by atoms with Crippen LogP contribution >= 0.6 is 0 Å². The topological polar surface area (TPSA) is 83.8 Å². The van der Waals surface area contributed by atoms with Crippen LogP contribution in [0.3, 0.4) is 0 Å². The van der Waals surface area contributed by atoms with E-state index in [-0.39, 0.29) is 23.2 Å². The SMILES string of the molecule is CC(=CC(=O)OC[C@H](O)CO)CC[C@]1(C)[C@@H](C)CC[C@]2(C)C(C)=CC(=O)C[C@@H]12. The van der Waals surface area contributed by atoms with E-state index in [9.17, 15) is 14.7 Å². The van der Waals surface area contributed by atoms with Gasteiger partial charge in [0, 0.05) is 12.5 Å². The van der Waals surface area contributed by atoms with E-state index in [1.165, 1.54) is 11.6 Å². The van der Waals surface area contributed by atoms with Crippen molar-refractivity contribution in [2.45, 2.75) is 72.8 Å². The molecule has 0 saturated heterocycles. The molecule has 1 fully saturated rings. The Morgan fingerprint density at radius 1 is 1.43 bits per heavy atom. The third-order valence-electron chi connectivity index (χ3n) is 7.52. The first-order chi connectivity index (χ1) is 13.0. The Kier molecular flexibility index (Phi) is 7.27. The number of rotatable bonds is 7. The van der Waals surface area contributed by atoms with Crippen molar-refractivity contribution in [1.82, 2.24) is 0 Å². The van der Waals surface area contributed by atoms with E-state index < -0.39 is 18.7 Å². The van der Waals surface area contributed by atoms with Gasteiger partial charge in [0.25, 0.3) is 0 Å². The molecule has 2 aliphatic carbocycles. The van der Waals surface area contributed by atoms with Gasteiger partial charge in [-0.25, -0.2) is 4.79 Å². The monoisotopic (exact) mass is 392 g/mol. The molecule has 2 rings (SSSR count). The Labute approximate surface area is 168 Å². The summed E-state index contributed by atoms with van der Waals surface area (Å²) < 4.78 is 4.96. The molecule has 5 nitrogen and oxygen atoms in total. The minimum Gasteiger partial charge on any atom is -0.460 e. The van der Waals surface area contributed by atoms with E-state index in [1.54, 1.807) is 0 Å². The van der Waals surface area contributed by atoms with Crippen LogP contribution < -0.4 is 0 Å². The molecule has 1 saturated carbocycles. The molecule has 5 heteroatoms. The number of ether oxygens (including phenoxy) is 1. The molecule has 0 bridgehead atoms. The van der Waals surface area contributed by atoms with Crippen molar-refractivity contribution in [3.8, 4) is 0 Å². The summed E-state index contributed by atoms with van der Waals surface area (Å²) in [4.78, 5) is 24.2. The number of carbonyl (C=O) groups is 2. The van der Waals surface area contributed by atoms with Gasteiger partial charge in [0.1, 0.15) is 12.7 Å². The van der Waals surface area contributed by atoms with Crippen molar-refractivity contribution in [3.05, 3.63) is 23.3 Å². The molecule has 0 aromatic heterocycles. The van der Waals surface area contributed by atoms with Gasteiger partial charge in [0.15, 0.2) is 5.78 Å². The quantitative estimate of drug-likeness (QED) is 0.511. The van der Waals surface area contributed by atoms with Crippen molar-refractivity contribution < 1.29 is 24.5 Å². The molecule has 0 unspecified atom stereocenters. The standard InChI is InChI=1S/C23H36O5/c1-15(10-21(27)28-14-19(26)13-24)6-8-22(4)16(2)7-9-23(5)17(3)11-18(25)12-20(22)23/h10-11,16,19-20,24,26H,6-9,12-14H2,1-5H3/t16-,19+,20-,22+,23+/m0/s1. The largest absolute Gasteiger partial charge is 0.460 e. The lowest BCUT2D eigenvalue weighted by Crippen LogP contribution is -2.50.